The minimum atomic E-state index is 0.332. The van der Waals surface area contributed by atoms with Gasteiger partial charge in [0, 0.05) is 12.7 Å². The second-order valence-electron chi connectivity index (χ2n) is 6.06. The minimum absolute atomic E-state index is 0.332. The summed E-state index contributed by atoms with van der Waals surface area (Å²) >= 11 is 0. The topological polar surface area (TPSA) is 32.3 Å². The fourth-order valence-electron chi connectivity index (χ4n) is 2.80. The SMILES string of the molecule is CNc1cc(C)c(Cc2ccc(O)c(C(C)C)c2)c(C)c1. The van der Waals surface area contributed by atoms with Gasteiger partial charge in [-0.15, -0.1) is 0 Å². The third-order valence-electron chi connectivity index (χ3n) is 4.08. The van der Waals surface area contributed by atoms with Gasteiger partial charge in [-0.1, -0.05) is 26.0 Å². The van der Waals surface area contributed by atoms with Crippen molar-refractivity contribution < 1.29 is 5.11 Å². The fraction of sp³-hybridized carbons (Fsp3) is 0.368. The second-order valence-corrected chi connectivity index (χ2v) is 6.06. The maximum Gasteiger partial charge on any atom is 0.119 e. The summed E-state index contributed by atoms with van der Waals surface area (Å²) in [5.74, 6) is 0.728. The highest BCUT2D eigenvalue weighted by molar-refractivity contribution is 5.53. The van der Waals surface area contributed by atoms with Crippen molar-refractivity contribution in [1.29, 1.82) is 0 Å². The first-order valence-electron chi connectivity index (χ1n) is 7.52. The van der Waals surface area contributed by atoms with E-state index in [-0.39, 0.29) is 0 Å². The van der Waals surface area contributed by atoms with E-state index >= 15 is 0 Å². The van der Waals surface area contributed by atoms with E-state index in [9.17, 15) is 5.11 Å². The van der Waals surface area contributed by atoms with Gasteiger partial charge in [-0.2, -0.15) is 0 Å². The Kier molecular flexibility index (Phi) is 4.56. The predicted octanol–water partition coefficient (Wildman–Crippen LogP) is 4.76. The molecule has 0 saturated heterocycles. The second kappa shape index (κ2) is 6.21. The summed E-state index contributed by atoms with van der Waals surface area (Å²) in [6, 6.07) is 10.3. The third-order valence-corrected chi connectivity index (χ3v) is 4.08. The Bertz CT molecular complexity index is 621. The lowest BCUT2D eigenvalue weighted by Crippen LogP contribution is -1.99. The smallest absolute Gasteiger partial charge is 0.119 e. The highest BCUT2D eigenvalue weighted by Crippen LogP contribution is 2.29. The van der Waals surface area contributed by atoms with Crippen LogP contribution in [0.15, 0.2) is 30.3 Å². The predicted molar refractivity (Wildman–Crippen MR) is 90.5 cm³/mol. The molecule has 0 aliphatic heterocycles. The van der Waals surface area contributed by atoms with Crippen molar-refractivity contribution in [1.82, 2.24) is 0 Å². The number of phenolic OH excluding ortho intramolecular Hbond substituents is 1. The highest BCUT2D eigenvalue weighted by Gasteiger charge is 2.10. The molecule has 0 amide bonds. The van der Waals surface area contributed by atoms with Crippen molar-refractivity contribution in [3.05, 3.63) is 58.1 Å². The van der Waals surface area contributed by atoms with Crippen molar-refractivity contribution >= 4 is 5.69 Å². The number of nitrogens with one attached hydrogen (secondary N) is 1. The third kappa shape index (κ3) is 3.38. The Labute approximate surface area is 127 Å². The number of aromatic hydroxyl groups is 1. The maximum absolute atomic E-state index is 9.94. The van der Waals surface area contributed by atoms with Gasteiger partial charge in [0.2, 0.25) is 0 Å². The molecule has 2 aromatic rings. The summed E-state index contributed by atoms with van der Waals surface area (Å²) in [5.41, 5.74) is 7.41. The van der Waals surface area contributed by atoms with Crippen molar-refractivity contribution in [3.8, 4) is 5.75 Å². The molecule has 0 bridgehead atoms. The lowest BCUT2D eigenvalue weighted by molar-refractivity contribution is 0.464. The molecular formula is C19H25NO. The molecule has 0 aliphatic rings. The molecule has 0 spiro atoms. The summed E-state index contributed by atoms with van der Waals surface area (Å²) in [6.45, 7) is 8.54. The molecule has 2 rings (SSSR count). The molecule has 0 fully saturated rings. The average Bonchev–Trinajstić information content (AvgIpc) is 2.43. The Morgan fingerprint density at radius 3 is 2.19 bits per heavy atom. The zero-order valence-corrected chi connectivity index (χ0v) is 13.6. The van der Waals surface area contributed by atoms with Crippen molar-refractivity contribution in [2.45, 2.75) is 40.0 Å². The molecule has 112 valence electrons. The van der Waals surface area contributed by atoms with E-state index in [4.69, 9.17) is 0 Å². The summed E-state index contributed by atoms with van der Waals surface area (Å²) < 4.78 is 0. The van der Waals surface area contributed by atoms with Gasteiger partial charge >= 0.3 is 0 Å². The lowest BCUT2D eigenvalue weighted by atomic mass is 9.92. The fourth-order valence-corrected chi connectivity index (χ4v) is 2.80. The normalized spacial score (nSPS) is 11.0. The molecule has 0 saturated carbocycles. The number of hydrogen-bond donors (Lipinski definition) is 2. The Morgan fingerprint density at radius 2 is 1.67 bits per heavy atom. The van der Waals surface area contributed by atoms with Crippen LogP contribution in [0.3, 0.4) is 0 Å². The Morgan fingerprint density at radius 1 is 1.05 bits per heavy atom. The van der Waals surface area contributed by atoms with Gasteiger partial charge in [0.1, 0.15) is 5.75 Å². The van der Waals surface area contributed by atoms with Gasteiger partial charge in [0.25, 0.3) is 0 Å². The first kappa shape index (κ1) is 15.4. The molecule has 0 aromatic heterocycles. The van der Waals surface area contributed by atoms with E-state index in [1.165, 1.54) is 22.3 Å². The molecule has 2 aromatic carbocycles. The number of aryl methyl sites for hydroxylation is 2. The number of hydrogen-bond acceptors (Lipinski definition) is 2. The van der Waals surface area contributed by atoms with E-state index in [1.54, 1.807) is 0 Å². The van der Waals surface area contributed by atoms with Crippen molar-refractivity contribution in [2.24, 2.45) is 0 Å². The number of benzene rings is 2. The van der Waals surface area contributed by atoms with Crippen LogP contribution in [0.5, 0.6) is 5.75 Å². The average molecular weight is 283 g/mol. The monoisotopic (exact) mass is 283 g/mol. The Hall–Kier alpha value is -1.96. The zero-order chi connectivity index (χ0) is 15.6. The number of anilines is 1. The summed E-state index contributed by atoms with van der Waals surface area (Å²) in [6.07, 6.45) is 0.904. The van der Waals surface area contributed by atoms with Crippen LogP contribution in [0.25, 0.3) is 0 Å². The molecule has 21 heavy (non-hydrogen) atoms. The molecular weight excluding hydrogens is 258 g/mol. The quantitative estimate of drug-likeness (QED) is 0.847. The van der Waals surface area contributed by atoms with Gasteiger partial charge < -0.3 is 10.4 Å². The molecule has 2 nitrogen and oxygen atoms in total. The van der Waals surface area contributed by atoms with Gasteiger partial charge in [-0.25, -0.2) is 0 Å². The van der Waals surface area contributed by atoms with E-state index in [1.807, 2.05) is 19.2 Å². The minimum Gasteiger partial charge on any atom is -0.508 e. The molecule has 0 heterocycles. The standard InChI is InChI=1S/C19H25NO/c1-12(2)17-10-15(6-7-19(17)21)11-18-13(3)8-16(20-5)9-14(18)4/h6-10,12,20-21H,11H2,1-5H3. The van der Waals surface area contributed by atoms with Crippen LogP contribution in [0.2, 0.25) is 0 Å². The molecule has 0 radical (unpaired) electrons. The zero-order valence-electron chi connectivity index (χ0n) is 13.6. The van der Waals surface area contributed by atoms with Gasteiger partial charge in [-0.05, 0) is 72.2 Å². The molecule has 2 N–H and O–H groups in total. The lowest BCUT2D eigenvalue weighted by Gasteiger charge is -2.15. The van der Waals surface area contributed by atoms with Crippen LogP contribution in [-0.2, 0) is 6.42 Å². The van der Waals surface area contributed by atoms with Crippen LogP contribution in [0.4, 0.5) is 5.69 Å². The van der Waals surface area contributed by atoms with Crippen LogP contribution in [-0.4, -0.2) is 12.2 Å². The van der Waals surface area contributed by atoms with E-state index in [2.05, 4.69) is 51.2 Å². The summed E-state index contributed by atoms with van der Waals surface area (Å²) in [4.78, 5) is 0. The van der Waals surface area contributed by atoms with E-state index in [0.29, 0.717) is 11.7 Å². The van der Waals surface area contributed by atoms with Crippen LogP contribution in [0.1, 0.15) is 47.6 Å². The van der Waals surface area contributed by atoms with Gasteiger partial charge in [-0.3, -0.25) is 0 Å². The van der Waals surface area contributed by atoms with Crippen LogP contribution >= 0.6 is 0 Å². The molecule has 0 aliphatic carbocycles. The van der Waals surface area contributed by atoms with Crippen LogP contribution in [0, 0.1) is 13.8 Å². The molecule has 2 heteroatoms. The van der Waals surface area contributed by atoms with Crippen molar-refractivity contribution in [2.75, 3.05) is 12.4 Å². The van der Waals surface area contributed by atoms with E-state index in [0.717, 1.165) is 17.7 Å². The maximum atomic E-state index is 9.94. The van der Waals surface area contributed by atoms with Crippen LogP contribution < -0.4 is 5.32 Å². The largest absolute Gasteiger partial charge is 0.508 e. The van der Waals surface area contributed by atoms with Gasteiger partial charge in [0.05, 0.1) is 0 Å². The highest BCUT2D eigenvalue weighted by atomic mass is 16.3. The summed E-state index contributed by atoms with van der Waals surface area (Å²) in [7, 11) is 1.95. The molecule has 0 atom stereocenters. The van der Waals surface area contributed by atoms with Gasteiger partial charge in [0.15, 0.2) is 0 Å². The first-order chi connectivity index (χ1) is 9.92. The number of rotatable bonds is 4. The Balaban J connectivity index is 2.37. The number of phenols is 1. The van der Waals surface area contributed by atoms with Crippen molar-refractivity contribution in [3.63, 3.8) is 0 Å². The summed E-state index contributed by atoms with van der Waals surface area (Å²) in [5, 5.41) is 13.1. The van der Waals surface area contributed by atoms with E-state index < -0.39 is 0 Å². The first-order valence-corrected chi connectivity index (χ1v) is 7.52. The molecule has 0 unspecified atom stereocenters.